The number of nitrogens with zero attached hydrogens (tertiary/aromatic N) is 1. The van der Waals surface area contributed by atoms with E-state index in [1.165, 1.54) is 0 Å². The largest absolute Gasteiger partial charge is 0.449 e. The number of amides is 3. The molecule has 0 aromatic carbocycles. The maximum atomic E-state index is 13.4. The summed E-state index contributed by atoms with van der Waals surface area (Å²) in [4.78, 5) is 38.1. The predicted octanol–water partition coefficient (Wildman–Crippen LogP) is 2.28. The second-order valence-electron chi connectivity index (χ2n) is 7.76. The van der Waals surface area contributed by atoms with Crippen molar-refractivity contribution in [2.45, 2.75) is 73.1 Å². The fourth-order valence-corrected chi connectivity index (χ4v) is 2.89. The Hall–Kier alpha value is -1.87. The Morgan fingerprint density at radius 3 is 2.07 bits per heavy atom. The van der Waals surface area contributed by atoms with Crippen LogP contribution in [0.2, 0.25) is 0 Å². The van der Waals surface area contributed by atoms with E-state index in [0.717, 1.165) is 6.42 Å². The molecule has 9 heteroatoms. The molecule has 0 aliphatic carbocycles. The van der Waals surface area contributed by atoms with Gasteiger partial charge in [-0.05, 0) is 32.1 Å². The lowest BCUT2D eigenvalue weighted by Gasteiger charge is -2.33. The number of hydrogen-bond acceptors (Lipinski definition) is 6. The molecule has 0 aromatic heterocycles. The zero-order chi connectivity index (χ0) is 23.1. The topological polar surface area (TPSA) is 120 Å². The number of nitrogens with one attached hydrogen (secondary N) is 1. The van der Waals surface area contributed by atoms with Gasteiger partial charge in [-0.25, -0.2) is 4.79 Å². The minimum absolute atomic E-state index is 0.0588. The Bertz CT molecular complexity index is 509. The number of carbonyl (C=O) groups excluding carboxylic acids is 3. The zero-order valence-electron chi connectivity index (χ0n) is 19.4. The highest BCUT2D eigenvalue weighted by molar-refractivity contribution is 5.87. The Morgan fingerprint density at radius 2 is 1.60 bits per heavy atom. The van der Waals surface area contributed by atoms with E-state index < -0.39 is 18.4 Å². The van der Waals surface area contributed by atoms with Crippen LogP contribution in [0.25, 0.3) is 0 Å². The lowest BCUT2D eigenvalue weighted by atomic mass is 10.0. The molecule has 0 radical (unpaired) electrons. The van der Waals surface area contributed by atoms with Crippen LogP contribution in [0.15, 0.2) is 0 Å². The molecule has 9 nitrogen and oxygen atoms in total. The molecule has 0 aliphatic heterocycles. The van der Waals surface area contributed by atoms with Crippen molar-refractivity contribution in [3.8, 4) is 0 Å². The SMILES string of the molecule is CCOC(CN(CC(C)CC)C(=O)C(CC(C)C)NC(=O)CCOC(N)=O)OCC. The molecule has 0 aromatic rings. The predicted molar refractivity (Wildman–Crippen MR) is 115 cm³/mol. The summed E-state index contributed by atoms with van der Waals surface area (Å²) in [7, 11) is 0. The summed E-state index contributed by atoms with van der Waals surface area (Å²) in [6.45, 7) is 13.5. The number of ether oxygens (including phenoxy) is 3. The summed E-state index contributed by atoms with van der Waals surface area (Å²) in [6, 6.07) is -0.681. The van der Waals surface area contributed by atoms with Gasteiger partial charge < -0.3 is 30.2 Å². The number of carbonyl (C=O) groups is 3. The van der Waals surface area contributed by atoms with Gasteiger partial charge in [0.25, 0.3) is 0 Å². The van der Waals surface area contributed by atoms with Crippen LogP contribution < -0.4 is 11.1 Å². The molecule has 0 heterocycles. The summed E-state index contributed by atoms with van der Waals surface area (Å²) in [5.41, 5.74) is 4.91. The molecule has 0 spiro atoms. The minimum atomic E-state index is -0.935. The average Bonchev–Trinajstić information content (AvgIpc) is 2.65. The fourth-order valence-electron chi connectivity index (χ4n) is 2.89. The molecular formula is C21H41N3O6. The van der Waals surface area contributed by atoms with E-state index >= 15 is 0 Å². The van der Waals surface area contributed by atoms with Crippen LogP contribution in [0.1, 0.15) is 60.8 Å². The van der Waals surface area contributed by atoms with Crippen molar-refractivity contribution in [3.05, 3.63) is 0 Å². The van der Waals surface area contributed by atoms with E-state index in [9.17, 15) is 14.4 Å². The molecule has 0 fully saturated rings. The minimum Gasteiger partial charge on any atom is -0.449 e. The number of hydrogen-bond donors (Lipinski definition) is 2. The molecule has 176 valence electrons. The monoisotopic (exact) mass is 431 g/mol. The molecule has 3 amide bonds. The van der Waals surface area contributed by atoms with Gasteiger partial charge in [0.2, 0.25) is 11.8 Å². The highest BCUT2D eigenvalue weighted by Gasteiger charge is 2.29. The molecule has 0 saturated heterocycles. The maximum Gasteiger partial charge on any atom is 0.404 e. The maximum absolute atomic E-state index is 13.4. The highest BCUT2D eigenvalue weighted by atomic mass is 16.7. The van der Waals surface area contributed by atoms with Gasteiger partial charge in [0.1, 0.15) is 12.6 Å². The van der Waals surface area contributed by atoms with Crippen LogP contribution in [0.5, 0.6) is 0 Å². The van der Waals surface area contributed by atoms with Crippen molar-refractivity contribution in [2.75, 3.05) is 32.9 Å². The van der Waals surface area contributed by atoms with Gasteiger partial charge in [0, 0.05) is 19.8 Å². The van der Waals surface area contributed by atoms with Gasteiger partial charge >= 0.3 is 6.09 Å². The van der Waals surface area contributed by atoms with Crippen molar-refractivity contribution in [2.24, 2.45) is 17.6 Å². The van der Waals surface area contributed by atoms with Crippen LogP contribution in [-0.2, 0) is 23.8 Å². The van der Waals surface area contributed by atoms with E-state index in [1.54, 1.807) is 4.90 Å². The Kier molecular flexibility index (Phi) is 14.9. The van der Waals surface area contributed by atoms with Crippen molar-refractivity contribution in [1.82, 2.24) is 10.2 Å². The molecule has 0 bridgehead atoms. The Labute approximate surface area is 181 Å². The van der Waals surface area contributed by atoms with E-state index in [-0.39, 0.29) is 36.7 Å². The molecular weight excluding hydrogens is 390 g/mol. The average molecular weight is 432 g/mol. The first kappa shape index (κ1) is 28.1. The van der Waals surface area contributed by atoms with Gasteiger partial charge in [-0.15, -0.1) is 0 Å². The van der Waals surface area contributed by atoms with E-state index in [2.05, 4.69) is 23.9 Å². The first-order valence-electron chi connectivity index (χ1n) is 10.9. The third-order valence-corrected chi connectivity index (χ3v) is 4.53. The molecule has 3 N–H and O–H groups in total. The standard InChI is InChI=1S/C21H41N3O6/c1-7-16(6)13-24(14-19(28-8-2)29-9-3)20(26)17(12-15(4)5)23-18(25)10-11-30-21(22)27/h15-17,19H,7-14H2,1-6H3,(H2,22,27)(H,23,25). The molecule has 2 atom stereocenters. The molecule has 0 saturated carbocycles. The number of rotatable bonds is 16. The second kappa shape index (κ2) is 15.9. The summed E-state index contributed by atoms with van der Waals surface area (Å²) in [5.74, 6) is -0.0548. The highest BCUT2D eigenvalue weighted by Crippen LogP contribution is 2.13. The lowest BCUT2D eigenvalue weighted by molar-refractivity contribution is -0.161. The van der Waals surface area contributed by atoms with Gasteiger partial charge in [0.05, 0.1) is 13.0 Å². The molecule has 0 rings (SSSR count). The van der Waals surface area contributed by atoms with E-state index in [1.807, 2.05) is 27.7 Å². The van der Waals surface area contributed by atoms with Crippen molar-refractivity contribution < 1.29 is 28.6 Å². The van der Waals surface area contributed by atoms with Gasteiger partial charge in [-0.3, -0.25) is 9.59 Å². The molecule has 2 unspecified atom stereocenters. The van der Waals surface area contributed by atoms with Crippen LogP contribution in [0, 0.1) is 11.8 Å². The van der Waals surface area contributed by atoms with Crippen LogP contribution in [0.3, 0.4) is 0 Å². The lowest BCUT2D eigenvalue weighted by Crippen LogP contribution is -2.52. The normalized spacial score (nSPS) is 13.2. The van der Waals surface area contributed by atoms with Crippen molar-refractivity contribution in [1.29, 1.82) is 0 Å². The third-order valence-electron chi connectivity index (χ3n) is 4.53. The summed E-state index contributed by atoms with van der Waals surface area (Å²) in [6.07, 6.45) is -0.102. The van der Waals surface area contributed by atoms with Crippen LogP contribution >= 0.6 is 0 Å². The Morgan fingerprint density at radius 1 is 1.00 bits per heavy atom. The fraction of sp³-hybridized carbons (Fsp3) is 0.857. The van der Waals surface area contributed by atoms with Gasteiger partial charge in [-0.1, -0.05) is 34.1 Å². The third kappa shape index (κ3) is 12.6. The van der Waals surface area contributed by atoms with Gasteiger partial charge in [-0.2, -0.15) is 0 Å². The van der Waals surface area contributed by atoms with Gasteiger partial charge in [0.15, 0.2) is 6.29 Å². The van der Waals surface area contributed by atoms with Crippen molar-refractivity contribution >= 4 is 17.9 Å². The summed E-state index contributed by atoms with van der Waals surface area (Å²) >= 11 is 0. The van der Waals surface area contributed by atoms with E-state index in [0.29, 0.717) is 32.7 Å². The summed E-state index contributed by atoms with van der Waals surface area (Å²) in [5, 5.41) is 2.79. The van der Waals surface area contributed by atoms with Crippen LogP contribution in [0.4, 0.5) is 4.79 Å². The Balaban J connectivity index is 5.35. The quantitative estimate of drug-likeness (QED) is 0.362. The zero-order valence-corrected chi connectivity index (χ0v) is 19.4. The molecule has 30 heavy (non-hydrogen) atoms. The van der Waals surface area contributed by atoms with Crippen molar-refractivity contribution in [3.63, 3.8) is 0 Å². The van der Waals surface area contributed by atoms with E-state index in [4.69, 9.17) is 15.2 Å². The number of nitrogens with two attached hydrogens (primary N) is 1. The van der Waals surface area contributed by atoms with Crippen LogP contribution in [-0.4, -0.2) is 68.0 Å². The second-order valence-corrected chi connectivity index (χ2v) is 7.76. The number of primary amides is 1. The summed E-state index contributed by atoms with van der Waals surface area (Å²) < 4.78 is 15.9. The first-order chi connectivity index (χ1) is 14.1. The first-order valence-corrected chi connectivity index (χ1v) is 10.9. The molecule has 0 aliphatic rings. The smallest absolute Gasteiger partial charge is 0.404 e.